The SMILES string of the molecule is Cn1cc(Nc2nc(C3CCCC3)cn3ncnc23)cn1. The van der Waals surface area contributed by atoms with E-state index in [1.165, 1.54) is 25.7 Å². The number of aromatic nitrogens is 6. The Morgan fingerprint density at radius 1 is 1.19 bits per heavy atom. The second-order valence-corrected chi connectivity index (χ2v) is 5.55. The van der Waals surface area contributed by atoms with Gasteiger partial charge in [-0.3, -0.25) is 4.68 Å². The third kappa shape index (κ3) is 2.24. The molecule has 0 radical (unpaired) electrons. The minimum absolute atomic E-state index is 0.535. The van der Waals surface area contributed by atoms with E-state index in [1.807, 2.05) is 19.4 Å². The summed E-state index contributed by atoms with van der Waals surface area (Å²) < 4.78 is 3.56. The standard InChI is InChI=1S/C14H17N7/c1-20-7-11(6-16-20)18-13-14-15-9-17-21(14)8-12(19-13)10-4-2-3-5-10/h6-10H,2-5H2,1H3,(H,18,19). The molecule has 0 atom stereocenters. The van der Waals surface area contributed by atoms with Crippen molar-refractivity contribution in [2.75, 3.05) is 5.32 Å². The number of fused-ring (bicyclic) bond motifs is 1. The summed E-state index contributed by atoms with van der Waals surface area (Å²) in [5.74, 6) is 1.28. The second-order valence-electron chi connectivity index (χ2n) is 5.55. The average molecular weight is 283 g/mol. The summed E-state index contributed by atoms with van der Waals surface area (Å²) in [6, 6.07) is 0. The number of nitrogens with one attached hydrogen (secondary N) is 1. The number of hydrogen-bond donors (Lipinski definition) is 1. The van der Waals surface area contributed by atoms with Gasteiger partial charge in [0, 0.05) is 19.2 Å². The molecule has 7 heteroatoms. The third-order valence-corrected chi connectivity index (χ3v) is 4.02. The van der Waals surface area contributed by atoms with Crippen LogP contribution in [0.3, 0.4) is 0 Å². The quantitative estimate of drug-likeness (QED) is 0.798. The maximum atomic E-state index is 4.79. The molecule has 0 spiro atoms. The van der Waals surface area contributed by atoms with E-state index in [2.05, 4.69) is 20.5 Å². The molecule has 0 unspecified atom stereocenters. The molecule has 1 aliphatic carbocycles. The molecule has 1 N–H and O–H groups in total. The average Bonchev–Trinajstić information content (AvgIpc) is 3.18. The first-order valence-electron chi connectivity index (χ1n) is 7.25. The van der Waals surface area contributed by atoms with Crippen molar-refractivity contribution in [1.29, 1.82) is 0 Å². The molecule has 0 amide bonds. The Kier molecular flexibility index (Phi) is 2.83. The van der Waals surface area contributed by atoms with Crippen LogP contribution in [0.2, 0.25) is 0 Å². The summed E-state index contributed by atoms with van der Waals surface area (Å²) in [7, 11) is 1.89. The molecule has 1 saturated carbocycles. The lowest BCUT2D eigenvalue weighted by molar-refractivity contribution is 0.687. The molecule has 0 bridgehead atoms. The van der Waals surface area contributed by atoms with Crippen molar-refractivity contribution < 1.29 is 0 Å². The van der Waals surface area contributed by atoms with Crippen molar-refractivity contribution >= 4 is 17.2 Å². The minimum atomic E-state index is 0.535. The van der Waals surface area contributed by atoms with Crippen molar-refractivity contribution in [1.82, 2.24) is 29.4 Å². The van der Waals surface area contributed by atoms with Crippen LogP contribution in [0.4, 0.5) is 11.5 Å². The topological polar surface area (TPSA) is 72.9 Å². The summed E-state index contributed by atoms with van der Waals surface area (Å²) in [6.07, 6.45) is 12.2. The van der Waals surface area contributed by atoms with Crippen LogP contribution in [0.15, 0.2) is 24.9 Å². The van der Waals surface area contributed by atoms with Gasteiger partial charge in [0.25, 0.3) is 0 Å². The molecule has 0 aliphatic heterocycles. The first-order valence-corrected chi connectivity index (χ1v) is 7.25. The number of rotatable bonds is 3. The molecule has 4 rings (SSSR count). The Hall–Kier alpha value is -2.44. The highest BCUT2D eigenvalue weighted by Crippen LogP contribution is 2.34. The van der Waals surface area contributed by atoms with Gasteiger partial charge < -0.3 is 5.32 Å². The van der Waals surface area contributed by atoms with Crippen LogP contribution in [0.1, 0.15) is 37.3 Å². The molecular formula is C14H17N7. The molecule has 7 nitrogen and oxygen atoms in total. The van der Waals surface area contributed by atoms with Gasteiger partial charge in [0.15, 0.2) is 11.5 Å². The fourth-order valence-electron chi connectivity index (χ4n) is 2.97. The van der Waals surface area contributed by atoms with Gasteiger partial charge in [0.2, 0.25) is 0 Å². The lowest BCUT2D eigenvalue weighted by Crippen LogP contribution is -2.05. The maximum absolute atomic E-state index is 4.79. The van der Waals surface area contributed by atoms with Crippen LogP contribution >= 0.6 is 0 Å². The highest BCUT2D eigenvalue weighted by Gasteiger charge is 2.21. The second kappa shape index (κ2) is 4.83. The lowest BCUT2D eigenvalue weighted by Gasteiger charge is -2.11. The van der Waals surface area contributed by atoms with Crippen molar-refractivity contribution in [2.45, 2.75) is 31.6 Å². The summed E-state index contributed by atoms with van der Waals surface area (Å²) in [5, 5.41) is 11.7. The Morgan fingerprint density at radius 2 is 2.05 bits per heavy atom. The summed E-state index contributed by atoms with van der Waals surface area (Å²) in [4.78, 5) is 9.08. The van der Waals surface area contributed by atoms with Crippen LogP contribution in [-0.4, -0.2) is 29.4 Å². The zero-order chi connectivity index (χ0) is 14.2. The highest BCUT2D eigenvalue weighted by atomic mass is 15.3. The predicted octanol–water partition coefficient (Wildman–Crippen LogP) is 2.26. The monoisotopic (exact) mass is 283 g/mol. The minimum Gasteiger partial charge on any atom is -0.334 e. The van der Waals surface area contributed by atoms with E-state index in [0.29, 0.717) is 5.92 Å². The molecule has 21 heavy (non-hydrogen) atoms. The van der Waals surface area contributed by atoms with E-state index in [4.69, 9.17) is 4.98 Å². The third-order valence-electron chi connectivity index (χ3n) is 4.02. The van der Waals surface area contributed by atoms with E-state index in [-0.39, 0.29) is 0 Å². The Bertz CT molecular complexity index is 767. The Balaban J connectivity index is 1.76. The molecule has 1 fully saturated rings. The largest absolute Gasteiger partial charge is 0.334 e. The van der Waals surface area contributed by atoms with E-state index in [1.54, 1.807) is 21.7 Å². The van der Waals surface area contributed by atoms with Gasteiger partial charge in [-0.05, 0) is 12.8 Å². The highest BCUT2D eigenvalue weighted by molar-refractivity contribution is 5.68. The molecule has 0 aromatic carbocycles. The van der Waals surface area contributed by atoms with Crippen LogP contribution in [0.25, 0.3) is 5.65 Å². The van der Waals surface area contributed by atoms with Crippen molar-refractivity contribution in [3.63, 3.8) is 0 Å². The van der Waals surface area contributed by atoms with E-state index < -0.39 is 0 Å². The van der Waals surface area contributed by atoms with E-state index in [9.17, 15) is 0 Å². The molecule has 3 aromatic heterocycles. The summed E-state index contributed by atoms with van der Waals surface area (Å²) >= 11 is 0. The van der Waals surface area contributed by atoms with Gasteiger partial charge in [-0.25, -0.2) is 14.5 Å². The Labute approximate surface area is 122 Å². The summed E-state index contributed by atoms with van der Waals surface area (Å²) in [5.41, 5.74) is 2.73. The smallest absolute Gasteiger partial charge is 0.198 e. The van der Waals surface area contributed by atoms with Gasteiger partial charge in [-0.2, -0.15) is 10.2 Å². The molecule has 3 aromatic rings. The van der Waals surface area contributed by atoms with Crippen LogP contribution in [0, 0.1) is 0 Å². The predicted molar refractivity (Wildman–Crippen MR) is 78.5 cm³/mol. The zero-order valence-electron chi connectivity index (χ0n) is 11.9. The van der Waals surface area contributed by atoms with Gasteiger partial charge in [-0.15, -0.1) is 0 Å². The van der Waals surface area contributed by atoms with Crippen molar-refractivity contribution in [2.24, 2.45) is 7.05 Å². The molecule has 0 saturated heterocycles. The maximum Gasteiger partial charge on any atom is 0.198 e. The van der Waals surface area contributed by atoms with Crippen molar-refractivity contribution in [3.05, 3.63) is 30.6 Å². The van der Waals surface area contributed by atoms with Gasteiger partial charge in [0.05, 0.1) is 23.8 Å². The number of anilines is 2. The molecule has 1 aliphatic rings. The zero-order valence-corrected chi connectivity index (χ0v) is 11.9. The van der Waals surface area contributed by atoms with E-state index in [0.717, 1.165) is 22.8 Å². The molecular weight excluding hydrogens is 266 g/mol. The number of aryl methyl sites for hydroxylation is 1. The fraction of sp³-hybridized carbons (Fsp3) is 0.429. The van der Waals surface area contributed by atoms with Crippen molar-refractivity contribution in [3.8, 4) is 0 Å². The van der Waals surface area contributed by atoms with Gasteiger partial charge in [-0.1, -0.05) is 12.8 Å². The lowest BCUT2D eigenvalue weighted by atomic mass is 10.1. The molecule has 3 heterocycles. The number of nitrogens with zero attached hydrogens (tertiary/aromatic N) is 6. The number of hydrogen-bond acceptors (Lipinski definition) is 5. The van der Waals surface area contributed by atoms with Crippen LogP contribution in [0.5, 0.6) is 0 Å². The van der Waals surface area contributed by atoms with Crippen LogP contribution < -0.4 is 5.32 Å². The van der Waals surface area contributed by atoms with Gasteiger partial charge >= 0.3 is 0 Å². The van der Waals surface area contributed by atoms with E-state index >= 15 is 0 Å². The normalized spacial score (nSPS) is 15.9. The first kappa shape index (κ1) is 12.3. The van der Waals surface area contributed by atoms with Gasteiger partial charge in [0.1, 0.15) is 6.33 Å². The summed E-state index contributed by atoms with van der Waals surface area (Å²) in [6.45, 7) is 0. The van der Waals surface area contributed by atoms with Crippen LogP contribution in [-0.2, 0) is 7.05 Å². The first-order chi connectivity index (χ1) is 10.3. The fourth-order valence-corrected chi connectivity index (χ4v) is 2.97. The molecule has 108 valence electrons. The Morgan fingerprint density at radius 3 is 2.81 bits per heavy atom.